The Labute approximate surface area is 195 Å². The molecule has 0 radical (unpaired) electrons. The van der Waals surface area contributed by atoms with Crippen molar-refractivity contribution in [3.63, 3.8) is 0 Å². The largest absolute Gasteiger partial charge is 0.480 e. The van der Waals surface area contributed by atoms with Crippen LogP contribution in [0.5, 0.6) is 0 Å². The van der Waals surface area contributed by atoms with Gasteiger partial charge in [0.05, 0.1) is 0 Å². The maximum Gasteiger partial charge on any atom is 0.407 e. The summed E-state index contributed by atoms with van der Waals surface area (Å²) >= 11 is 0. The lowest BCUT2D eigenvalue weighted by Gasteiger charge is -2.21. The van der Waals surface area contributed by atoms with Crippen LogP contribution in [0.15, 0.2) is 48.5 Å². The van der Waals surface area contributed by atoms with Crippen LogP contribution in [0, 0.1) is 11.8 Å². The van der Waals surface area contributed by atoms with E-state index in [4.69, 9.17) is 4.74 Å². The van der Waals surface area contributed by atoms with E-state index in [9.17, 15) is 28.3 Å². The molecular formula is C25H24F2N2O5. The minimum absolute atomic E-state index is 0.0628. The predicted molar refractivity (Wildman–Crippen MR) is 120 cm³/mol. The zero-order valence-corrected chi connectivity index (χ0v) is 18.4. The molecule has 0 bridgehead atoms. The molecule has 7 nitrogen and oxygen atoms in total. The number of halogens is 2. The van der Waals surface area contributed by atoms with Crippen LogP contribution in [-0.4, -0.2) is 48.2 Å². The molecule has 3 N–H and O–H groups in total. The second-order valence-corrected chi connectivity index (χ2v) is 7.68. The van der Waals surface area contributed by atoms with Crippen LogP contribution in [0.2, 0.25) is 0 Å². The average molecular weight is 470 g/mol. The highest BCUT2D eigenvalue weighted by Gasteiger charge is 2.31. The molecule has 2 atom stereocenters. The van der Waals surface area contributed by atoms with Crippen molar-refractivity contribution >= 4 is 18.0 Å². The second kappa shape index (κ2) is 11.3. The van der Waals surface area contributed by atoms with Crippen molar-refractivity contribution in [3.8, 4) is 23.0 Å². The van der Waals surface area contributed by atoms with Crippen LogP contribution in [-0.2, 0) is 14.3 Å². The van der Waals surface area contributed by atoms with Gasteiger partial charge in [-0.15, -0.1) is 11.8 Å². The van der Waals surface area contributed by atoms with Gasteiger partial charge >= 0.3 is 12.1 Å². The van der Waals surface area contributed by atoms with Gasteiger partial charge < -0.3 is 20.5 Å². The molecule has 3 rings (SSSR count). The summed E-state index contributed by atoms with van der Waals surface area (Å²) in [6.45, 7) is 1.44. The molecule has 0 aliphatic heterocycles. The Morgan fingerprint density at radius 2 is 1.59 bits per heavy atom. The number of amides is 2. The number of ether oxygens (including phenoxy) is 1. The number of fused-ring (bicyclic) bond motifs is 3. The highest BCUT2D eigenvalue weighted by molar-refractivity contribution is 5.89. The van der Waals surface area contributed by atoms with Crippen LogP contribution < -0.4 is 10.6 Å². The lowest BCUT2D eigenvalue weighted by Crippen LogP contribution is -2.52. The molecule has 1 aliphatic carbocycles. The van der Waals surface area contributed by atoms with E-state index in [0.717, 1.165) is 22.3 Å². The minimum atomic E-state index is -2.91. The number of hydrogen-bond donors (Lipinski definition) is 3. The van der Waals surface area contributed by atoms with Gasteiger partial charge in [-0.05, 0) is 29.2 Å². The SMILES string of the molecule is CC#CCC(NC(=O)C(CC(F)F)NC(=O)OCC1c2ccccc2-c2ccccc21)C(=O)O. The lowest BCUT2D eigenvalue weighted by atomic mass is 9.98. The number of benzene rings is 2. The van der Waals surface area contributed by atoms with Gasteiger partial charge in [0.1, 0.15) is 18.7 Å². The zero-order valence-electron chi connectivity index (χ0n) is 18.4. The number of alkyl halides is 2. The molecule has 0 saturated carbocycles. The van der Waals surface area contributed by atoms with E-state index in [0.29, 0.717) is 0 Å². The van der Waals surface area contributed by atoms with Gasteiger partial charge in [-0.25, -0.2) is 18.4 Å². The first-order chi connectivity index (χ1) is 16.3. The van der Waals surface area contributed by atoms with Crippen molar-refractivity contribution < 1.29 is 33.0 Å². The van der Waals surface area contributed by atoms with Gasteiger partial charge in [0.15, 0.2) is 0 Å². The summed E-state index contributed by atoms with van der Waals surface area (Å²) in [6.07, 6.45) is -5.17. The van der Waals surface area contributed by atoms with E-state index in [1.165, 1.54) is 6.92 Å². The molecule has 0 spiro atoms. The third-order valence-corrected chi connectivity index (χ3v) is 5.46. The number of rotatable bonds is 9. The maximum atomic E-state index is 13.0. The molecule has 34 heavy (non-hydrogen) atoms. The summed E-state index contributed by atoms with van der Waals surface area (Å²) < 4.78 is 31.4. The van der Waals surface area contributed by atoms with Crippen molar-refractivity contribution in [1.82, 2.24) is 10.6 Å². The summed E-state index contributed by atoms with van der Waals surface area (Å²) in [5.41, 5.74) is 3.99. The minimum Gasteiger partial charge on any atom is -0.480 e. The number of hydrogen-bond acceptors (Lipinski definition) is 4. The highest BCUT2D eigenvalue weighted by Crippen LogP contribution is 2.44. The number of carboxylic acid groups (broad SMARTS) is 1. The van der Waals surface area contributed by atoms with Crippen LogP contribution in [0.3, 0.4) is 0 Å². The van der Waals surface area contributed by atoms with Crippen LogP contribution >= 0.6 is 0 Å². The number of carboxylic acids is 1. The Kier molecular flexibility index (Phi) is 8.19. The Bertz CT molecular complexity index is 1080. The Balaban J connectivity index is 1.67. The van der Waals surface area contributed by atoms with Crippen molar-refractivity contribution in [3.05, 3.63) is 59.7 Å². The van der Waals surface area contributed by atoms with E-state index >= 15 is 0 Å². The molecule has 2 unspecified atom stereocenters. The predicted octanol–water partition coefficient (Wildman–Crippen LogP) is 3.53. The molecule has 2 aromatic carbocycles. The number of alkyl carbamates (subject to hydrolysis) is 1. The van der Waals surface area contributed by atoms with Crippen molar-refractivity contribution in [2.45, 2.75) is 44.2 Å². The number of aliphatic carboxylic acids is 1. The first kappa shape index (κ1) is 24.7. The molecule has 2 amide bonds. The summed E-state index contributed by atoms with van der Waals surface area (Å²) in [6, 6.07) is 12.3. The fourth-order valence-electron chi connectivity index (χ4n) is 3.87. The first-order valence-corrected chi connectivity index (χ1v) is 10.6. The van der Waals surface area contributed by atoms with Crippen molar-refractivity contribution in [1.29, 1.82) is 0 Å². The molecular weight excluding hydrogens is 446 g/mol. The smallest absolute Gasteiger partial charge is 0.407 e. The van der Waals surface area contributed by atoms with Crippen molar-refractivity contribution in [2.75, 3.05) is 6.61 Å². The van der Waals surface area contributed by atoms with Crippen molar-refractivity contribution in [2.24, 2.45) is 0 Å². The number of carbonyl (C=O) groups excluding carboxylic acids is 2. The summed E-state index contributed by atoms with van der Waals surface area (Å²) in [4.78, 5) is 36.2. The van der Waals surface area contributed by atoms with Crippen LogP contribution in [0.4, 0.5) is 13.6 Å². The fraction of sp³-hybridized carbons (Fsp3) is 0.320. The normalized spacial score (nSPS) is 13.6. The lowest BCUT2D eigenvalue weighted by molar-refractivity contribution is -0.142. The molecule has 1 aliphatic rings. The molecule has 0 fully saturated rings. The highest BCUT2D eigenvalue weighted by atomic mass is 19.3. The standard InChI is InChI=1S/C25H24F2N2O5/c1-2-3-12-20(24(31)32)28-23(30)21(13-22(26)27)29-25(33)34-14-19-17-10-6-4-8-15(17)16-9-5-7-11-18(16)19/h4-11,19-22H,12-14H2,1H3,(H,28,30)(H,29,33)(H,31,32). The van der Waals surface area contributed by atoms with Gasteiger partial charge in [-0.3, -0.25) is 4.79 Å². The van der Waals surface area contributed by atoms with Gasteiger partial charge in [-0.2, -0.15) is 0 Å². The first-order valence-electron chi connectivity index (χ1n) is 10.6. The quantitative estimate of drug-likeness (QED) is 0.487. The monoisotopic (exact) mass is 470 g/mol. The van der Waals surface area contributed by atoms with Gasteiger partial charge in [0.2, 0.25) is 12.3 Å². The van der Waals surface area contributed by atoms with E-state index in [1.807, 2.05) is 48.5 Å². The average Bonchev–Trinajstić information content (AvgIpc) is 3.13. The zero-order chi connectivity index (χ0) is 24.7. The number of nitrogens with one attached hydrogen (secondary N) is 2. The second-order valence-electron chi connectivity index (χ2n) is 7.68. The summed E-state index contributed by atoms with van der Waals surface area (Å²) in [5, 5.41) is 13.5. The van der Waals surface area contributed by atoms with E-state index in [1.54, 1.807) is 0 Å². The fourth-order valence-corrected chi connectivity index (χ4v) is 3.87. The molecule has 0 heterocycles. The van der Waals surface area contributed by atoms with E-state index in [-0.39, 0.29) is 18.9 Å². The third-order valence-electron chi connectivity index (χ3n) is 5.46. The Morgan fingerprint density at radius 1 is 1.00 bits per heavy atom. The molecule has 178 valence electrons. The van der Waals surface area contributed by atoms with Crippen LogP contribution in [0.1, 0.15) is 36.8 Å². The Morgan fingerprint density at radius 3 is 2.12 bits per heavy atom. The molecule has 0 aromatic heterocycles. The number of carbonyl (C=O) groups is 3. The summed E-state index contributed by atoms with van der Waals surface area (Å²) in [5.74, 6) is 2.35. The molecule has 2 aromatic rings. The third kappa shape index (κ3) is 5.90. The topological polar surface area (TPSA) is 105 Å². The van der Waals surface area contributed by atoms with Crippen LogP contribution in [0.25, 0.3) is 11.1 Å². The molecule has 9 heteroatoms. The maximum absolute atomic E-state index is 13.0. The summed E-state index contributed by atoms with van der Waals surface area (Å²) in [7, 11) is 0. The van der Waals surface area contributed by atoms with Gasteiger partial charge in [0, 0.05) is 18.8 Å². The van der Waals surface area contributed by atoms with Gasteiger partial charge in [0.25, 0.3) is 0 Å². The van der Waals surface area contributed by atoms with E-state index < -0.39 is 42.9 Å². The Hall–Kier alpha value is -3.93. The van der Waals surface area contributed by atoms with Gasteiger partial charge in [-0.1, -0.05) is 48.5 Å². The molecule has 0 saturated heterocycles. The van der Waals surface area contributed by atoms with E-state index in [2.05, 4.69) is 22.5 Å².